The Labute approximate surface area is 126 Å². The van der Waals surface area contributed by atoms with E-state index in [2.05, 4.69) is 24.1 Å². The molecular formula is C17H26F2N2. The molecule has 118 valence electrons. The van der Waals surface area contributed by atoms with Crippen molar-refractivity contribution in [3.8, 4) is 0 Å². The van der Waals surface area contributed by atoms with Gasteiger partial charge in [0.1, 0.15) is 11.6 Å². The van der Waals surface area contributed by atoms with Gasteiger partial charge < -0.3 is 10.2 Å². The smallest absolute Gasteiger partial charge is 0.126 e. The van der Waals surface area contributed by atoms with E-state index < -0.39 is 11.6 Å². The fourth-order valence-electron chi connectivity index (χ4n) is 3.34. The number of rotatable bonds is 5. The highest BCUT2D eigenvalue weighted by atomic mass is 19.1. The van der Waals surface area contributed by atoms with Crippen LogP contribution in [0.2, 0.25) is 0 Å². The predicted molar refractivity (Wildman–Crippen MR) is 82.2 cm³/mol. The minimum absolute atomic E-state index is 0.0123. The standard InChI is InChI=1S/C17H26F2N2/c1-12-4-6-21(13(2)8-12)7-5-17(20-3)14-9-15(18)11-16(19)10-14/h9-13,17,20H,4-8H2,1-3H3. The van der Waals surface area contributed by atoms with Crippen molar-refractivity contribution in [3.05, 3.63) is 35.4 Å². The van der Waals surface area contributed by atoms with E-state index >= 15 is 0 Å². The van der Waals surface area contributed by atoms with E-state index in [0.717, 1.165) is 31.5 Å². The molecule has 0 bridgehead atoms. The molecule has 1 saturated heterocycles. The van der Waals surface area contributed by atoms with Crippen LogP contribution in [0.3, 0.4) is 0 Å². The van der Waals surface area contributed by atoms with Crippen molar-refractivity contribution in [2.75, 3.05) is 20.1 Å². The van der Waals surface area contributed by atoms with Crippen molar-refractivity contribution in [2.24, 2.45) is 5.92 Å². The molecule has 1 heterocycles. The molecule has 1 aliphatic rings. The van der Waals surface area contributed by atoms with Crippen LogP contribution in [0.1, 0.15) is 44.7 Å². The average molecular weight is 296 g/mol. The van der Waals surface area contributed by atoms with Crippen molar-refractivity contribution in [1.29, 1.82) is 0 Å². The summed E-state index contributed by atoms with van der Waals surface area (Å²) in [6.45, 7) is 6.65. The van der Waals surface area contributed by atoms with E-state index in [1.807, 2.05) is 7.05 Å². The summed E-state index contributed by atoms with van der Waals surface area (Å²) < 4.78 is 26.7. The first kappa shape index (κ1) is 16.4. The van der Waals surface area contributed by atoms with E-state index in [1.54, 1.807) is 0 Å². The van der Waals surface area contributed by atoms with Crippen LogP contribution in [-0.4, -0.2) is 31.1 Å². The summed E-state index contributed by atoms with van der Waals surface area (Å²) >= 11 is 0. The summed E-state index contributed by atoms with van der Waals surface area (Å²) in [5.74, 6) is -0.218. The van der Waals surface area contributed by atoms with Gasteiger partial charge >= 0.3 is 0 Å². The van der Waals surface area contributed by atoms with E-state index in [-0.39, 0.29) is 6.04 Å². The number of nitrogens with one attached hydrogen (secondary N) is 1. The number of hydrogen-bond donors (Lipinski definition) is 1. The van der Waals surface area contributed by atoms with Crippen LogP contribution >= 0.6 is 0 Å². The van der Waals surface area contributed by atoms with Crippen LogP contribution in [0.5, 0.6) is 0 Å². The number of benzene rings is 1. The molecule has 0 radical (unpaired) electrons. The number of piperidine rings is 1. The normalized spacial score (nSPS) is 25.0. The summed E-state index contributed by atoms with van der Waals surface area (Å²) in [6.07, 6.45) is 3.33. The van der Waals surface area contributed by atoms with Gasteiger partial charge in [0.15, 0.2) is 0 Å². The van der Waals surface area contributed by atoms with E-state index in [1.165, 1.54) is 25.0 Å². The first-order valence-electron chi connectivity index (χ1n) is 7.87. The number of halogens is 2. The van der Waals surface area contributed by atoms with Gasteiger partial charge in [-0.2, -0.15) is 0 Å². The van der Waals surface area contributed by atoms with Crippen LogP contribution < -0.4 is 5.32 Å². The lowest BCUT2D eigenvalue weighted by atomic mass is 9.93. The fourth-order valence-corrected chi connectivity index (χ4v) is 3.34. The molecule has 3 unspecified atom stereocenters. The Morgan fingerprint density at radius 2 is 1.90 bits per heavy atom. The van der Waals surface area contributed by atoms with Gasteiger partial charge in [0.05, 0.1) is 0 Å². The van der Waals surface area contributed by atoms with Crippen molar-refractivity contribution in [1.82, 2.24) is 10.2 Å². The molecule has 1 fully saturated rings. The van der Waals surface area contributed by atoms with Gasteiger partial charge in [0.2, 0.25) is 0 Å². The number of nitrogens with zero attached hydrogens (tertiary/aromatic N) is 1. The number of hydrogen-bond acceptors (Lipinski definition) is 2. The Hall–Kier alpha value is -1.00. The summed E-state index contributed by atoms with van der Waals surface area (Å²) in [7, 11) is 1.84. The summed E-state index contributed by atoms with van der Waals surface area (Å²) in [6, 6.07) is 4.35. The lowest BCUT2D eigenvalue weighted by molar-refractivity contribution is 0.124. The Morgan fingerprint density at radius 1 is 1.24 bits per heavy atom. The maximum absolute atomic E-state index is 13.3. The van der Waals surface area contributed by atoms with Crippen LogP contribution in [0.25, 0.3) is 0 Å². The van der Waals surface area contributed by atoms with Gasteiger partial charge in [-0.1, -0.05) is 6.92 Å². The molecule has 1 N–H and O–H groups in total. The molecule has 21 heavy (non-hydrogen) atoms. The first-order valence-corrected chi connectivity index (χ1v) is 7.87. The minimum atomic E-state index is -0.509. The maximum Gasteiger partial charge on any atom is 0.126 e. The molecule has 2 rings (SSSR count). The zero-order valence-electron chi connectivity index (χ0n) is 13.2. The van der Waals surface area contributed by atoms with Crippen molar-refractivity contribution in [3.63, 3.8) is 0 Å². The molecule has 1 aromatic carbocycles. The van der Waals surface area contributed by atoms with E-state index in [4.69, 9.17) is 0 Å². The summed E-state index contributed by atoms with van der Waals surface area (Å²) in [5, 5.41) is 3.18. The predicted octanol–water partition coefficient (Wildman–Crippen LogP) is 3.74. The highest BCUT2D eigenvalue weighted by molar-refractivity contribution is 5.21. The molecule has 3 atom stereocenters. The second kappa shape index (κ2) is 7.32. The van der Waals surface area contributed by atoms with Gasteiger partial charge in [0, 0.05) is 24.7 Å². The van der Waals surface area contributed by atoms with Crippen LogP contribution in [0.4, 0.5) is 8.78 Å². The fraction of sp³-hybridized carbons (Fsp3) is 0.647. The van der Waals surface area contributed by atoms with E-state index in [9.17, 15) is 8.78 Å². The molecule has 4 heteroatoms. The second-order valence-corrected chi connectivity index (χ2v) is 6.35. The SMILES string of the molecule is CNC(CCN1CCC(C)CC1C)c1cc(F)cc(F)c1. The van der Waals surface area contributed by atoms with Crippen molar-refractivity contribution in [2.45, 2.75) is 45.2 Å². The highest BCUT2D eigenvalue weighted by Crippen LogP contribution is 2.25. The largest absolute Gasteiger partial charge is 0.313 e. The second-order valence-electron chi connectivity index (χ2n) is 6.35. The van der Waals surface area contributed by atoms with Crippen LogP contribution in [-0.2, 0) is 0 Å². The molecule has 0 aliphatic carbocycles. The topological polar surface area (TPSA) is 15.3 Å². The Kier molecular flexibility index (Phi) is 5.71. The zero-order valence-corrected chi connectivity index (χ0v) is 13.2. The third-order valence-electron chi connectivity index (χ3n) is 4.62. The van der Waals surface area contributed by atoms with Gasteiger partial charge in [0.25, 0.3) is 0 Å². The zero-order chi connectivity index (χ0) is 15.4. The lowest BCUT2D eigenvalue weighted by Crippen LogP contribution is -2.41. The van der Waals surface area contributed by atoms with Gasteiger partial charge in [-0.05, 0) is 63.4 Å². The molecular weight excluding hydrogens is 270 g/mol. The molecule has 1 aliphatic heterocycles. The Balaban J connectivity index is 1.96. The quantitative estimate of drug-likeness (QED) is 0.890. The lowest BCUT2D eigenvalue weighted by Gasteiger charge is -2.37. The highest BCUT2D eigenvalue weighted by Gasteiger charge is 2.23. The molecule has 0 aromatic heterocycles. The molecule has 2 nitrogen and oxygen atoms in total. The first-order chi connectivity index (χ1) is 9.99. The maximum atomic E-state index is 13.3. The monoisotopic (exact) mass is 296 g/mol. The third-order valence-corrected chi connectivity index (χ3v) is 4.62. The third kappa shape index (κ3) is 4.48. The Morgan fingerprint density at radius 3 is 2.48 bits per heavy atom. The van der Waals surface area contributed by atoms with Crippen molar-refractivity contribution < 1.29 is 8.78 Å². The van der Waals surface area contributed by atoms with Gasteiger partial charge in [-0.15, -0.1) is 0 Å². The Bertz CT molecular complexity index is 444. The van der Waals surface area contributed by atoms with E-state index in [0.29, 0.717) is 11.6 Å². The van der Waals surface area contributed by atoms with Crippen LogP contribution in [0, 0.1) is 17.6 Å². The van der Waals surface area contributed by atoms with Crippen LogP contribution in [0.15, 0.2) is 18.2 Å². The van der Waals surface area contributed by atoms with Gasteiger partial charge in [-0.3, -0.25) is 0 Å². The molecule has 0 spiro atoms. The molecule has 0 saturated carbocycles. The van der Waals surface area contributed by atoms with Crippen molar-refractivity contribution >= 4 is 0 Å². The molecule has 0 amide bonds. The number of likely N-dealkylation sites (tertiary alicyclic amines) is 1. The van der Waals surface area contributed by atoms with Gasteiger partial charge in [-0.25, -0.2) is 8.78 Å². The average Bonchev–Trinajstić information content (AvgIpc) is 2.40. The minimum Gasteiger partial charge on any atom is -0.313 e. The summed E-state index contributed by atoms with van der Waals surface area (Å²) in [4.78, 5) is 2.49. The summed E-state index contributed by atoms with van der Waals surface area (Å²) in [5.41, 5.74) is 0.688. The molecule has 1 aromatic rings.